The third-order valence-corrected chi connectivity index (χ3v) is 2.97. The highest BCUT2D eigenvalue weighted by Crippen LogP contribution is 2.31. The minimum atomic E-state index is -1.07. The molecule has 0 atom stereocenters. The van der Waals surface area contributed by atoms with Crippen LogP contribution in [0.15, 0.2) is 42.5 Å². The molecule has 1 N–H and O–H groups in total. The van der Waals surface area contributed by atoms with Crippen molar-refractivity contribution in [3.63, 3.8) is 0 Å². The lowest BCUT2D eigenvalue weighted by molar-refractivity contribution is -0.131. The van der Waals surface area contributed by atoms with Gasteiger partial charge in [-0.3, -0.25) is 0 Å². The van der Waals surface area contributed by atoms with Gasteiger partial charge in [-0.25, -0.2) is 9.18 Å². The van der Waals surface area contributed by atoms with Crippen molar-refractivity contribution in [2.24, 2.45) is 0 Å². The number of carbonyl (C=O) groups is 1. The molecular formula is C16H12ClFO3. The number of carboxylic acid groups (broad SMARTS) is 1. The van der Waals surface area contributed by atoms with Crippen molar-refractivity contribution in [1.29, 1.82) is 0 Å². The summed E-state index contributed by atoms with van der Waals surface area (Å²) in [5, 5.41) is 9.16. The van der Waals surface area contributed by atoms with Gasteiger partial charge in [-0.1, -0.05) is 11.6 Å². The Morgan fingerprint density at radius 3 is 2.62 bits per heavy atom. The zero-order valence-electron chi connectivity index (χ0n) is 11.1. The first kappa shape index (κ1) is 15.1. The number of ether oxygens (including phenoxy) is 1. The smallest absolute Gasteiger partial charge is 0.328 e. The van der Waals surface area contributed by atoms with E-state index in [0.717, 1.165) is 6.08 Å². The maximum Gasteiger partial charge on any atom is 0.328 e. The molecule has 0 aliphatic carbocycles. The fourth-order valence-electron chi connectivity index (χ4n) is 1.75. The predicted molar refractivity (Wildman–Crippen MR) is 79.3 cm³/mol. The standard InChI is InChI=1S/C16H12ClFO3/c1-10-8-13(18)4-6-14(10)21-15-5-3-12(17)9-11(15)2-7-16(19)20/h2-9H,1H3,(H,19,20)/b7-2+. The average molecular weight is 307 g/mol. The Bertz CT molecular complexity index is 711. The molecule has 108 valence electrons. The summed E-state index contributed by atoms with van der Waals surface area (Å²) in [5.74, 6) is -0.490. The van der Waals surface area contributed by atoms with Crippen LogP contribution in [0.2, 0.25) is 5.02 Å². The highest BCUT2D eigenvalue weighted by Gasteiger charge is 2.07. The molecule has 0 saturated heterocycles. The molecule has 0 amide bonds. The number of aryl methyl sites for hydroxylation is 1. The lowest BCUT2D eigenvalue weighted by Crippen LogP contribution is -1.92. The minimum absolute atomic E-state index is 0.345. The molecule has 0 aliphatic heterocycles. The summed E-state index contributed by atoms with van der Waals surface area (Å²) in [6.07, 6.45) is 2.39. The van der Waals surface area contributed by atoms with E-state index in [1.54, 1.807) is 25.1 Å². The molecule has 2 rings (SSSR count). The fourth-order valence-corrected chi connectivity index (χ4v) is 1.93. The highest BCUT2D eigenvalue weighted by molar-refractivity contribution is 6.30. The second-order valence-electron chi connectivity index (χ2n) is 4.37. The molecule has 0 spiro atoms. The molecule has 0 heterocycles. The summed E-state index contributed by atoms with van der Waals surface area (Å²) < 4.78 is 18.8. The summed E-state index contributed by atoms with van der Waals surface area (Å²) in [6, 6.07) is 9.03. The van der Waals surface area contributed by atoms with E-state index in [-0.39, 0.29) is 5.82 Å². The Morgan fingerprint density at radius 1 is 1.24 bits per heavy atom. The maximum atomic E-state index is 13.1. The first-order chi connectivity index (χ1) is 9.95. The number of hydrogen-bond donors (Lipinski definition) is 1. The number of hydrogen-bond acceptors (Lipinski definition) is 2. The van der Waals surface area contributed by atoms with Crippen LogP contribution in [-0.2, 0) is 4.79 Å². The van der Waals surface area contributed by atoms with Gasteiger partial charge in [-0.05, 0) is 55.0 Å². The summed E-state index contributed by atoms with van der Waals surface area (Å²) in [6.45, 7) is 1.72. The van der Waals surface area contributed by atoms with Crippen molar-refractivity contribution in [3.05, 3.63) is 64.4 Å². The van der Waals surface area contributed by atoms with Gasteiger partial charge in [0.15, 0.2) is 0 Å². The first-order valence-electron chi connectivity index (χ1n) is 6.10. The van der Waals surface area contributed by atoms with Crippen LogP contribution in [0.1, 0.15) is 11.1 Å². The van der Waals surface area contributed by atoms with Crippen LogP contribution < -0.4 is 4.74 Å². The second-order valence-corrected chi connectivity index (χ2v) is 4.80. The number of rotatable bonds is 4. The van der Waals surface area contributed by atoms with Gasteiger partial charge in [-0.2, -0.15) is 0 Å². The molecule has 0 fully saturated rings. The van der Waals surface area contributed by atoms with Gasteiger partial charge in [0.2, 0.25) is 0 Å². The molecule has 0 aromatic heterocycles. The van der Waals surface area contributed by atoms with Gasteiger partial charge in [-0.15, -0.1) is 0 Å². The molecule has 2 aromatic rings. The molecule has 5 heteroatoms. The summed E-state index contributed by atoms with van der Waals surface area (Å²) >= 11 is 5.90. The normalized spacial score (nSPS) is 10.8. The molecule has 3 nitrogen and oxygen atoms in total. The van der Waals surface area contributed by atoms with E-state index in [9.17, 15) is 9.18 Å². The second kappa shape index (κ2) is 6.41. The SMILES string of the molecule is Cc1cc(F)ccc1Oc1ccc(Cl)cc1/C=C/C(=O)O. The van der Waals surface area contributed by atoms with Crippen LogP contribution in [0, 0.1) is 12.7 Å². The van der Waals surface area contributed by atoms with Crippen molar-refractivity contribution >= 4 is 23.6 Å². The Balaban J connectivity index is 2.37. The molecule has 0 bridgehead atoms. The van der Waals surface area contributed by atoms with E-state index in [4.69, 9.17) is 21.4 Å². The van der Waals surface area contributed by atoms with Crippen molar-refractivity contribution in [3.8, 4) is 11.5 Å². The van der Waals surface area contributed by atoms with Crippen LogP contribution in [0.5, 0.6) is 11.5 Å². The summed E-state index contributed by atoms with van der Waals surface area (Å²) in [4.78, 5) is 10.6. The maximum absolute atomic E-state index is 13.1. The van der Waals surface area contributed by atoms with Crippen LogP contribution >= 0.6 is 11.6 Å². The molecule has 0 aliphatic rings. The fraction of sp³-hybridized carbons (Fsp3) is 0.0625. The largest absolute Gasteiger partial charge is 0.478 e. The molecule has 0 unspecified atom stereocenters. The predicted octanol–water partition coefficient (Wildman–Crippen LogP) is 4.68. The molecule has 21 heavy (non-hydrogen) atoms. The average Bonchev–Trinajstić information content (AvgIpc) is 2.41. The van der Waals surface area contributed by atoms with E-state index in [2.05, 4.69) is 0 Å². The van der Waals surface area contributed by atoms with Crippen molar-refractivity contribution < 1.29 is 19.0 Å². The number of benzene rings is 2. The monoisotopic (exact) mass is 306 g/mol. The summed E-state index contributed by atoms with van der Waals surface area (Å²) in [7, 11) is 0. The van der Waals surface area contributed by atoms with Crippen LogP contribution in [0.3, 0.4) is 0 Å². The Labute approximate surface area is 126 Å². The third kappa shape index (κ3) is 4.07. The van der Waals surface area contributed by atoms with Gasteiger partial charge in [0.05, 0.1) is 0 Å². The Morgan fingerprint density at radius 2 is 1.95 bits per heavy atom. The van der Waals surface area contributed by atoms with Crippen LogP contribution in [0.4, 0.5) is 4.39 Å². The Kier molecular flexibility index (Phi) is 4.60. The first-order valence-corrected chi connectivity index (χ1v) is 6.48. The molecular weight excluding hydrogens is 295 g/mol. The third-order valence-electron chi connectivity index (χ3n) is 2.73. The lowest BCUT2D eigenvalue weighted by Gasteiger charge is -2.11. The van der Waals surface area contributed by atoms with Gasteiger partial charge < -0.3 is 9.84 Å². The zero-order chi connectivity index (χ0) is 15.4. The van der Waals surface area contributed by atoms with E-state index in [1.165, 1.54) is 24.3 Å². The van der Waals surface area contributed by atoms with Gasteiger partial charge in [0.1, 0.15) is 17.3 Å². The van der Waals surface area contributed by atoms with Gasteiger partial charge in [0, 0.05) is 16.7 Å². The summed E-state index contributed by atoms with van der Waals surface area (Å²) in [5.41, 5.74) is 1.16. The van der Waals surface area contributed by atoms with Crippen LogP contribution in [-0.4, -0.2) is 11.1 Å². The van der Waals surface area contributed by atoms with Crippen molar-refractivity contribution in [2.75, 3.05) is 0 Å². The van der Waals surface area contributed by atoms with E-state index < -0.39 is 5.97 Å². The zero-order valence-corrected chi connectivity index (χ0v) is 11.9. The van der Waals surface area contributed by atoms with E-state index in [0.29, 0.717) is 27.6 Å². The topological polar surface area (TPSA) is 46.5 Å². The van der Waals surface area contributed by atoms with Gasteiger partial charge >= 0.3 is 5.97 Å². The number of aliphatic carboxylic acids is 1. The van der Waals surface area contributed by atoms with Gasteiger partial charge in [0.25, 0.3) is 0 Å². The van der Waals surface area contributed by atoms with Crippen molar-refractivity contribution in [2.45, 2.75) is 6.92 Å². The molecule has 0 saturated carbocycles. The minimum Gasteiger partial charge on any atom is -0.478 e. The van der Waals surface area contributed by atoms with E-state index in [1.807, 2.05) is 0 Å². The number of halogens is 2. The number of carboxylic acids is 1. The quantitative estimate of drug-likeness (QED) is 0.834. The van der Waals surface area contributed by atoms with Crippen LogP contribution in [0.25, 0.3) is 6.08 Å². The lowest BCUT2D eigenvalue weighted by atomic mass is 10.1. The van der Waals surface area contributed by atoms with E-state index >= 15 is 0 Å². The van der Waals surface area contributed by atoms with Crippen molar-refractivity contribution in [1.82, 2.24) is 0 Å². The Hall–Kier alpha value is -2.33. The molecule has 0 radical (unpaired) electrons. The highest BCUT2D eigenvalue weighted by atomic mass is 35.5. The molecule has 2 aromatic carbocycles.